The van der Waals surface area contributed by atoms with Gasteiger partial charge < -0.3 is 10.1 Å². The Morgan fingerprint density at radius 3 is 3.36 bits per heavy atom. The van der Waals surface area contributed by atoms with Crippen molar-refractivity contribution in [2.24, 2.45) is 0 Å². The lowest BCUT2D eigenvalue weighted by atomic mass is 10.4. The predicted molar refractivity (Wildman–Crippen MR) is 60.9 cm³/mol. The van der Waals surface area contributed by atoms with Crippen LogP contribution in [0.2, 0.25) is 0 Å². The Bertz CT molecular complexity index is 284. The lowest BCUT2D eigenvalue weighted by Gasteiger charge is -2.19. The van der Waals surface area contributed by atoms with Crippen molar-refractivity contribution in [1.29, 1.82) is 0 Å². The summed E-state index contributed by atoms with van der Waals surface area (Å²) in [5.74, 6) is 2.16. The molecule has 1 saturated heterocycles. The number of ether oxygens (including phenoxy) is 1. The highest BCUT2D eigenvalue weighted by molar-refractivity contribution is 7.99. The van der Waals surface area contributed by atoms with E-state index in [1.165, 1.54) is 4.88 Å². The fourth-order valence-corrected chi connectivity index (χ4v) is 3.29. The Kier molecular flexibility index (Phi) is 3.81. The summed E-state index contributed by atoms with van der Waals surface area (Å²) in [6.45, 7) is 1.76. The molecule has 1 aromatic heterocycles. The van der Waals surface area contributed by atoms with Crippen molar-refractivity contribution in [3.05, 3.63) is 16.1 Å². The maximum absolute atomic E-state index is 5.66. The van der Waals surface area contributed by atoms with Crippen molar-refractivity contribution < 1.29 is 4.74 Å². The van der Waals surface area contributed by atoms with Gasteiger partial charge in [0.25, 0.3) is 0 Å². The molecule has 0 spiro atoms. The molecule has 0 bridgehead atoms. The van der Waals surface area contributed by atoms with Crippen LogP contribution in [0, 0.1) is 0 Å². The molecule has 0 amide bonds. The second-order valence-electron chi connectivity index (χ2n) is 3.13. The SMILES string of the molecule is CNCc1cnc(C2CSCCO2)s1. The first-order chi connectivity index (χ1) is 6.90. The van der Waals surface area contributed by atoms with E-state index in [2.05, 4.69) is 10.3 Å². The number of hydrogen-bond donors (Lipinski definition) is 1. The van der Waals surface area contributed by atoms with Crippen LogP contribution in [0.3, 0.4) is 0 Å². The largest absolute Gasteiger partial charge is 0.369 e. The van der Waals surface area contributed by atoms with Gasteiger partial charge in [0.05, 0.1) is 6.61 Å². The van der Waals surface area contributed by atoms with Gasteiger partial charge in [0, 0.05) is 29.1 Å². The molecule has 1 atom stereocenters. The molecule has 2 rings (SSSR count). The van der Waals surface area contributed by atoms with Gasteiger partial charge in [-0.15, -0.1) is 11.3 Å². The molecular formula is C9H14N2OS2. The number of thiazole rings is 1. The van der Waals surface area contributed by atoms with Crippen molar-refractivity contribution in [2.45, 2.75) is 12.6 Å². The second-order valence-corrected chi connectivity index (χ2v) is 5.43. The summed E-state index contributed by atoms with van der Waals surface area (Å²) in [7, 11) is 1.95. The van der Waals surface area contributed by atoms with Crippen LogP contribution in [0.25, 0.3) is 0 Å². The summed E-state index contributed by atoms with van der Waals surface area (Å²) >= 11 is 3.70. The third kappa shape index (κ3) is 2.48. The Labute approximate surface area is 92.3 Å². The van der Waals surface area contributed by atoms with Crippen LogP contribution < -0.4 is 5.32 Å². The van der Waals surface area contributed by atoms with E-state index in [1.807, 2.05) is 25.0 Å². The van der Waals surface area contributed by atoms with Crippen molar-refractivity contribution in [3.8, 4) is 0 Å². The number of thioether (sulfide) groups is 1. The lowest BCUT2D eigenvalue weighted by Crippen LogP contribution is -2.15. The summed E-state index contributed by atoms with van der Waals surface area (Å²) in [5, 5.41) is 4.25. The van der Waals surface area contributed by atoms with Crippen molar-refractivity contribution in [2.75, 3.05) is 25.2 Å². The Balaban J connectivity index is 2.00. The van der Waals surface area contributed by atoms with Crippen LogP contribution in [0.4, 0.5) is 0 Å². The van der Waals surface area contributed by atoms with Gasteiger partial charge in [-0.2, -0.15) is 11.8 Å². The molecular weight excluding hydrogens is 216 g/mol. The molecule has 3 nitrogen and oxygen atoms in total. The number of nitrogens with one attached hydrogen (secondary N) is 1. The quantitative estimate of drug-likeness (QED) is 0.856. The maximum atomic E-state index is 5.66. The van der Waals surface area contributed by atoms with Gasteiger partial charge in [-0.25, -0.2) is 4.98 Å². The Morgan fingerprint density at radius 1 is 1.71 bits per heavy atom. The highest BCUT2D eigenvalue weighted by Crippen LogP contribution is 2.29. The zero-order valence-corrected chi connectivity index (χ0v) is 9.79. The number of nitrogens with zero attached hydrogens (tertiary/aromatic N) is 1. The highest BCUT2D eigenvalue weighted by Gasteiger charge is 2.19. The molecule has 0 saturated carbocycles. The van der Waals surface area contributed by atoms with Crippen LogP contribution in [0.1, 0.15) is 16.0 Å². The van der Waals surface area contributed by atoms with E-state index in [-0.39, 0.29) is 6.10 Å². The predicted octanol–water partition coefficient (Wildman–Crippen LogP) is 1.67. The fourth-order valence-electron chi connectivity index (χ4n) is 1.36. The van der Waals surface area contributed by atoms with Gasteiger partial charge in [0.1, 0.15) is 11.1 Å². The molecule has 2 heterocycles. The van der Waals surface area contributed by atoms with Crippen LogP contribution in [-0.4, -0.2) is 30.1 Å². The minimum atomic E-state index is 0.226. The van der Waals surface area contributed by atoms with Gasteiger partial charge in [-0.1, -0.05) is 0 Å². The molecule has 0 radical (unpaired) electrons. The minimum absolute atomic E-state index is 0.226. The normalized spacial score (nSPS) is 22.5. The summed E-state index contributed by atoms with van der Waals surface area (Å²) in [4.78, 5) is 5.68. The van der Waals surface area contributed by atoms with Crippen LogP contribution in [0.15, 0.2) is 6.20 Å². The summed E-state index contributed by atoms with van der Waals surface area (Å²) < 4.78 is 5.66. The molecule has 0 aromatic carbocycles. The smallest absolute Gasteiger partial charge is 0.123 e. The molecule has 1 fully saturated rings. The Hall–Kier alpha value is -0.100. The van der Waals surface area contributed by atoms with Crippen LogP contribution in [-0.2, 0) is 11.3 Å². The van der Waals surface area contributed by atoms with Gasteiger partial charge in [0.2, 0.25) is 0 Å². The van der Waals surface area contributed by atoms with E-state index in [9.17, 15) is 0 Å². The third-order valence-corrected chi connectivity index (χ3v) is 4.10. The number of aromatic nitrogens is 1. The van der Waals surface area contributed by atoms with E-state index in [0.29, 0.717) is 0 Å². The van der Waals surface area contributed by atoms with Gasteiger partial charge in [0.15, 0.2) is 0 Å². The van der Waals surface area contributed by atoms with Crippen molar-refractivity contribution >= 4 is 23.1 Å². The zero-order chi connectivity index (χ0) is 9.80. The minimum Gasteiger partial charge on any atom is -0.369 e. The van der Waals surface area contributed by atoms with E-state index in [1.54, 1.807) is 11.3 Å². The summed E-state index contributed by atoms with van der Waals surface area (Å²) in [5.41, 5.74) is 0. The first-order valence-corrected chi connectivity index (χ1v) is 6.66. The summed E-state index contributed by atoms with van der Waals surface area (Å²) in [6.07, 6.45) is 2.17. The number of hydrogen-bond acceptors (Lipinski definition) is 5. The first-order valence-electron chi connectivity index (χ1n) is 4.68. The molecule has 1 aliphatic heterocycles. The molecule has 1 unspecified atom stereocenters. The molecule has 5 heteroatoms. The fraction of sp³-hybridized carbons (Fsp3) is 0.667. The van der Waals surface area contributed by atoms with Gasteiger partial charge >= 0.3 is 0 Å². The average Bonchev–Trinajstić information content (AvgIpc) is 2.68. The van der Waals surface area contributed by atoms with Gasteiger partial charge in [-0.05, 0) is 7.05 Å². The second kappa shape index (κ2) is 5.11. The van der Waals surface area contributed by atoms with Crippen molar-refractivity contribution in [3.63, 3.8) is 0 Å². The molecule has 1 N–H and O–H groups in total. The molecule has 1 aromatic rings. The topological polar surface area (TPSA) is 34.2 Å². The average molecular weight is 230 g/mol. The van der Waals surface area contributed by atoms with Crippen LogP contribution >= 0.6 is 23.1 Å². The summed E-state index contributed by atoms with van der Waals surface area (Å²) in [6, 6.07) is 0. The van der Waals surface area contributed by atoms with E-state index >= 15 is 0 Å². The lowest BCUT2D eigenvalue weighted by molar-refractivity contribution is 0.0755. The monoisotopic (exact) mass is 230 g/mol. The standard InChI is InChI=1S/C9H14N2OS2/c1-10-4-7-5-11-9(14-7)8-6-13-3-2-12-8/h5,8,10H,2-4,6H2,1H3. The molecule has 1 aliphatic rings. The van der Waals surface area contributed by atoms with E-state index < -0.39 is 0 Å². The van der Waals surface area contributed by atoms with E-state index in [4.69, 9.17) is 4.74 Å². The number of rotatable bonds is 3. The first kappa shape index (κ1) is 10.4. The third-order valence-electron chi connectivity index (χ3n) is 2.01. The van der Waals surface area contributed by atoms with Crippen molar-refractivity contribution in [1.82, 2.24) is 10.3 Å². The zero-order valence-electron chi connectivity index (χ0n) is 8.16. The molecule has 78 valence electrons. The molecule has 0 aliphatic carbocycles. The molecule has 14 heavy (non-hydrogen) atoms. The van der Waals surface area contributed by atoms with Gasteiger partial charge in [-0.3, -0.25) is 0 Å². The maximum Gasteiger partial charge on any atom is 0.123 e. The van der Waals surface area contributed by atoms with E-state index in [0.717, 1.165) is 29.7 Å². The van der Waals surface area contributed by atoms with Crippen LogP contribution in [0.5, 0.6) is 0 Å². The Morgan fingerprint density at radius 2 is 2.64 bits per heavy atom. The highest BCUT2D eigenvalue weighted by atomic mass is 32.2.